The molecular formula is C14H16ClNO3. The largest absolute Gasteiger partial charge is 0.384 e. The van der Waals surface area contributed by atoms with Crippen molar-refractivity contribution in [1.82, 2.24) is 5.32 Å². The van der Waals surface area contributed by atoms with E-state index in [0.717, 1.165) is 5.56 Å². The van der Waals surface area contributed by atoms with Gasteiger partial charge in [0.05, 0.1) is 12.5 Å². The number of hydrogen-bond donors (Lipinski definition) is 1. The molecule has 102 valence electrons. The van der Waals surface area contributed by atoms with Crippen LogP contribution < -0.4 is 5.32 Å². The van der Waals surface area contributed by atoms with Crippen LogP contribution in [-0.2, 0) is 14.3 Å². The molecular weight excluding hydrogens is 266 g/mol. The maximum absolute atomic E-state index is 12.2. The van der Waals surface area contributed by atoms with Crippen LogP contribution in [0.15, 0.2) is 24.3 Å². The van der Waals surface area contributed by atoms with Gasteiger partial charge in [0, 0.05) is 24.0 Å². The summed E-state index contributed by atoms with van der Waals surface area (Å²) in [5, 5.41) is 2.96. The lowest BCUT2D eigenvalue weighted by Crippen LogP contribution is -2.51. The van der Waals surface area contributed by atoms with E-state index in [2.05, 4.69) is 5.32 Å². The van der Waals surface area contributed by atoms with Crippen molar-refractivity contribution in [3.63, 3.8) is 0 Å². The Morgan fingerprint density at radius 1 is 1.47 bits per heavy atom. The first-order valence-electron chi connectivity index (χ1n) is 6.04. The molecule has 0 bridgehead atoms. The Morgan fingerprint density at radius 2 is 2.21 bits per heavy atom. The van der Waals surface area contributed by atoms with Crippen LogP contribution in [0, 0.1) is 5.41 Å². The maximum Gasteiger partial charge on any atom is 0.234 e. The second-order valence-electron chi connectivity index (χ2n) is 5.16. The molecule has 1 heterocycles. The van der Waals surface area contributed by atoms with Crippen LogP contribution in [0.3, 0.4) is 0 Å². The number of benzene rings is 1. The zero-order valence-corrected chi connectivity index (χ0v) is 11.7. The number of rotatable bonds is 3. The number of carbonyl (C=O) groups excluding carboxylic acids is 2. The molecule has 1 aliphatic heterocycles. The zero-order valence-electron chi connectivity index (χ0n) is 10.9. The Morgan fingerprint density at radius 3 is 2.84 bits per heavy atom. The average Bonchev–Trinajstić information content (AvgIpc) is 2.27. The molecule has 0 spiro atoms. The number of carbonyl (C=O) groups is 2. The van der Waals surface area contributed by atoms with Crippen LogP contribution in [0.2, 0.25) is 5.02 Å². The van der Waals surface area contributed by atoms with Crippen molar-refractivity contribution in [2.45, 2.75) is 19.3 Å². The number of piperidine rings is 1. The Hall–Kier alpha value is -1.39. The van der Waals surface area contributed by atoms with E-state index in [1.165, 1.54) is 0 Å². The average molecular weight is 282 g/mol. The quantitative estimate of drug-likeness (QED) is 0.864. The van der Waals surface area contributed by atoms with E-state index < -0.39 is 11.3 Å². The van der Waals surface area contributed by atoms with Gasteiger partial charge in [0.1, 0.15) is 0 Å². The lowest BCUT2D eigenvalue weighted by molar-refractivity contribution is -0.141. The van der Waals surface area contributed by atoms with Gasteiger partial charge in [-0.3, -0.25) is 14.9 Å². The summed E-state index contributed by atoms with van der Waals surface area (Å²) < 4.78 is 5.20. The number of ether oxygens (including phenoxy) is 1. The van der Waals surface area contributed by atoms with E-state index in [1.807, 2.05) is 13.0 Å². The third-order valence-electron chi connectivity index (χ3n) is 3.44. The second-order valence-corrected chi connectivity index (χ2v) is 5.60. The van der Waals surface area contributed by atoms with Crippen molar-refractivity contribution in [2.24, 2.45) is 5.41 Å². The normalized spacial score (nSPS) is 27.2. The van der Waals surface area contributed by atoms with Gasteiger partial charge in [-0.15, -0.1) is 0 Å². The summed E-state index contributed by atoms with van der Waals surface area (Å²) >= 11 is 5.98. The Labute approximate surface area is 117 Å². The van der Waals surface area contributed by atoms with Gasteiger partial charge in [-0.1, -0.05) is 30.7 Å². The van der Waals surface area contributed by atoms with Crippen molar-refractivity contribution < 1.29 is 14.3 Å². The molecule has 2 rings (SSSR count). The van der Waals surface area contributed by atoms with Gasteiger partial charge < -0.3 is 4.74 Å². The summed E-state index contributed by atoms with van der Waals surface area (Å²) in [5.74, 6) is -0.996. The molecule has 19 heavy (non-hydrogen) atoms. The minimum Gasteiger partial charge on any atom is -0.384 e. The molecule has 4 nitrogen and oxygen atoms in total. The highest BCUT2D eigenvalue weighted by Crippen LogP contribution is 2.42. The number of methoxy groups -OCH3 is 1. The van der Waals surface area contributed by atoms with E-state index >= 15 is 0 Å². The molecule has 5 heteroatoms. The summed E-state index contributed by atoms with van der Waals surface area (Å²) in [4.78, 5) is 23.8. The minimum atomic E-state index is -0.557. The smallest absolute Gasteiger partial charge is 0.234 e. The molecule has 0 saturated carbocycles. The van der Waals surface area contributed by atoms with Crippen LogP contribution in [0.4, 0.5) is 0 Å². The number of amides is 2. The number of nitrogens with one attached hydrogen (secondary N) is 1. The Kier molecular flexibility index (Phi) is 3.92. The zero-order chi connectivity index (χ0) is 14.0. The topological polar surface area (TPSA) is 55.4 Å². The molecule has 1 aliphatic rings. The molecule has 2 unspecified atom stereocenters. The molecule has 1 saturated heterocycles. The van der Waals surface area contributed by atoms with E-state index in [1.54, 1.807) is 25.3 Å². The molecule has 1 fully saturated rings. The Balaban J connectivity index is 2.43. The third kappa shape index (κ3) is 2.80. The fraction of sp³-hybridized carbons (Fsp3) is 0.429. The van der Waals surface area contributed by atoms with Gasteiger partial charge in [-0.05, 0) is 17.7 Å². The molecule has 0 aromatic heterocycles. The van der Waals surface area contributed by atoms with Crippen LogP contribution >= 0.6 is 11.6 Å². The number of imide groups is 1. The Bertz CT molecular complexity index is 517. The maximum atomic E-state index is 12.2. The highest BCUT2D eigenvalue weighted by Gasteiger charge is 2.46. The van der Waals surface area contributed by atoms with Crippen molar-refractivity contribution in [1.29, 1.82) is 0 Å². The highest BCUT2D eigenvalue weighted by atomic mass is 35.5. The lowest BCUT2D eigenvalue weighted by Gasteiger charge is -2.39. The third-order valence-corrected chi connectivity index (χ3v) is 3.68. The standard InChI is InChI=1S/C14H16ClNO3/c1-14(8-19-2)7-11(17)16-13(18)12(14)9-4-3-5-10(15)6-9/h3-6,12H,7-8H2,1-2H3,(H,16,17,18). The predicted octanol–water partition coefficient (Wildman–Crippen LogP) is 2.12. The summed E-state index contributed by atoms with van der Waals surface area (Å²) in [6.45, 7) is 2.22. The monoisotopic (exact) mass is 281 g/mol. The van der Waals surface area contributed by atoms with Gasteiger partial charge in [0.25, 0.3) is 0 Å². The highest BCUT2D eigenvalue weighted by molar-refractivity contribution is 6.30. The first-order valence-corrected chi connectivity index (χ1v) is 6.42. The molecule has 2 amide bonds. The van der Waals surface area contributed by atoms with Gasteiger partial charge in [-0.2, -0.15) is 0 Å². The van der Waals surface area contributed by atoms with Crippen LogP contribution in [-0.4, -0.2) is 25.5 Å². The SMILES string of the molecule is COCC1(C)CC(=O)NC(=O)C1c1cccc(Cl)c1. The summed E-state index contributed by atoms with van der Waals surface area (Å²) in [7, 11) is 1.57. The molecule has 1 aromatic carbocycles. The van der Waals surface area contributed by atoms with Crippen molar-refractivity contribution in [3.8, 4) is 0 Å². The fourth-order valence-electron chi connectivity index (χ4n) is 2.74. The number of hydrogen-bond acceptors (Lipinski definition) is 3. The first kappa shape index (κ1) is 14.0. The van der Waals surface area contributed by atoms with Crippen LogP contribution in [0.25, 0.3) is 0 Å². The van der Waals surface area contributed by atoms with Crippen LogP contribution in [0.1, 0.15) is 24.8 Å². The van der Waals surface area contributed by atoms with E-state index in [-0.39, 0.29) is 18.2 Å². The van der Waals surface area contributed by atoms with Crippen molar-refractivity contribution >= 4 is 23.4 Å². The summed E-state index contributed by atoms with van der Waals surface area (Å²) in [6.07, 6.45) is 0.254. The van der Waals surface area contributed by atoms with Crippen molar-refractivity contribution in [2.75, 3.05) is 13.7 Å². The lowest BCUT2D eigenvalue weighted by atomic mass is 9.69. The molecule has 0 radical (unpaired) electrons. The predicted molar refractivity (Wildman–Crippen MR) is 71.9 cm³/mol. The molecule has 1 aromatic rings. The summed E-state index contributed by atoms with van der Waals surface area (Å²) in [5.41, 5.74) is 0.246. The fourth-order valence-corrected chi connectivity index (χ4v) is 2.94. The number of halogens is 1. The molecule has 1 N–H and O–H groups in total. The molecule has 0 aliphatic carbocycles. The summed E-state index contributed by atoms with van der Waals surface area (Å²) in [6, 6.07) is 7.16. The first-order chi connectivity index (χ1) is 8.96. The van der Waals surface area contributed by atoms with Gasteiger partial charge in [0.15, 0.2) is 0 Å². The van der Waals surface area contributed by atoms with E-state index in [4.69, 9.17) is 16.3 Å². The molecule has 2 atom stereocenters. The van der Waals surface area contributed by atoms with E-state index in [9.17, 15) is 9.59 Å². The van der Waals surface area contributed by atoms with Gasteiger partial charge in [-0.25, -0.2) is 0 Å². The van der Waals surface area contributed by atoms with Crippen molar-refractivity contribution in [3.05, 3.63) is 34.9 Å². The van der Waals surface area contributed by atoms with E-state index in [0.29, 0.717) is 11.6 Å². The van der Waals surface area contributed by atoms with Gasteiger partial charge in [0.2, 0.25) is 11.8 Å². The minimum absolute atomic E-state index is 0.254. The second kappa shape index (κ2) is 5.31. The van der Waals surface area contributed by atoms with Gasteiger partial charge >= 0.3 is 0 Å². The van der Waals surface area contributed by atoms with Crippen LogP contribution in [0.5, 0.6) is 0 Å².